The van der Waals surface area contributed by atoms with Crippen LogP contribution in [-0.4, -0.2) is 158 Å². The second-order valence-electron chi connectivity index (χ2n) is 31.6. The summed E-state index contributed by atoms with van der Waals surface area (Å²) in [6.45, 7) is 31.8. The zero-order chi connectivity index (χ0) is 67.6. The van der Waals surface area contributed by atoms with Crippen molar-refractivity contribution in [2.24, 2.45) is 139 Å². The van der Waals surface area contributed by atoms with E-state index in [1.165, 1.54) is 34.6 Å². The molecule has 92 heavy (non-hydrogen) atoms. The van der Waals surface area contributed by atoms with Crippen LogP contribution in [-0.2, 0) is 76.4 Å². The third kappa shape index (κ3) is 8.78. The minimum absolute atomic E-state index is 0. The molecule has 14 aliphatic rings. The van der Waals surface area contributed by atoms with Gasteiger partial charge in [0.25, 0.3) is 6.47 Å². The zero-order valence-corrected chi connectivity index (χ0v) is 58.4. The molecule has 36 atom stereocenters. The number of rotatable bonds is 4. The van der Waals surface area contributed by atoms with E-state index >= 15 is 0 Å². The molecule has 0 aromatic heterocycles. The number of allylic oxidation sites excluding steroid dienone is 2. The molecule has 4 saturated heterocycles. The molecule has 0 radical (unpaired) electrons. The van der Waals surface area contributed by atoms with Crippen LogP contribution in [0.5, 0.6) is 0 Å². The second-order valence-corrected chi connectivity index (χ2v) is 31.6. The monoisotopic (exact) mass is 1300 g/mol. The molecular formula is C68H95NaO23. The van der Waals surface area contributed by atoms with E-state index in [0.29, 0.717) is 24.4 Å². The Morgan fingerprint density at radius 2 is 0.891 bits per heavy atom. The summed E-state index contributed by atoms with van der Waals surface area (Å²) in [6, 6.07) is 0. The summed E-state index contributed by atoms with van der Waals surface area (Å²) in [5, 5.41) is 75.4. The average molecular weight is 1300 g/mol. The van der Waals surface area contributed by atoms with Crippen molar-refractivity contribution < 1.29 is 142 Å². The van der Waals surface area contributed by atoms with Crippen molar-refractivity contribution in [2.75, 3.05) is 7.11 Å². The summed E-state index contributed by atoms with van der Waals surface area (Å²) >= 11 is 0. The number of esters is 5. The number of fused-ring (bicyclic) bond motifs is 20. The number of aliphatic hydroxyl groups excluding tert-OH is 4. The summed E-state index contributed by atoms with van der Waals surface area (Å²) in [5.41, 5.74) is -8.85. The first-order chi connectivity index (χ1) is 42.2. The number of carbonyl (C=O) groups is 8. The molecule has 0 bridgehead atoms. The van der Waals surface area contributed by atoms with Crippen molar-refractivity contribution in [3.63, 3.8) is 0 Å². The van der Waals surface area contributed by atoms with Gasteiger partial charge in [0.2, 0.25) is 0 Å². The van der Waals surface area contributed by atoms with Gasteiger partial charge in [-0.2, -0.15) is 0 Å². The Kier molecular flexibility index (Phi) is 17.7. The molecule has 14 rings (SSSR count). The van der Waals surface area contributed by atoms with Crippen molar-refractivity contribution in [3.8, 4) is 0 Å². The number of epoxide rings is 2. The molecule has 6 N–H and O–H groups in total. The van der Waals surface area contributed by atoms with E-state index in [0.717, 1.165) is 7.11 Å². The molecule has 4 heterocycles. The number of hydrogen-bond acceptors (Lipinski definition) is 23. The first-order valence-corrected chi connectivity index (χ1v) is 32.7. The number of hydrogen-bond donors (Lipinski definition) is 6. The molecule has 23 nitrogen and oxygen atoms in total. The van der Waals surface area contributed by atoms with Crippen molar-refractivity contribution in [1.29, 1.82) is 0 Å². The van der Waals surface area contributed by atoms with Gasteiger partial charge in [0.05, 0.1) is 29.1 Å². The van der Waals surface area contributed by atoms with E-state index in [2.05, 4.69) is 60.3 Å². The summed E-state index contributed by atoms with van der Waals surface area (Å²) in [7, 11) is 1.00. The molecule has 12 fully saturated rings. The molecule has 0 aromatic carbocycles. The molecule has 4 aliphatic heterocycles. The number of carbonyl (C=O) groups excluding carboxylic acids is 8. The maximum Gasteiger partial charge on any atom is 1.00 e. The second kappa shape index (κ2) is 22.9. The standard InChI is InChI=1S/C34H46O10.C32H44O9.CH2O3.CH4O.Na/c1-12-10-19-33(8,34(9,40)30(39)44-19)24-21(12)31(6)14(3)13(2)22-20(23(31)28(24)41-15(4)35)26(38)25(37)17-11-18-27(43-18)29(32(17,22)7)42-16(5)36;1-11-9-17-31(7,32(8,38)28(37)41-17)22-19(11)29(5)13(3)12(2)20-18(21(29)25(22)36)24(35)23(34)15-10-16-26(40-16)27(30(15,20)6)39-14(4)33;2-1-4-3;1-2;/h10,12-14,17-18,20-24,26-29,38,40H,11H2,1-9H3;9,11-13,15-16,18-22,24-27,35-36,38H,10H2,1-8H3;1,3H;2H,1H3;/q;;;;+1/p-1/t12-,13-,14+,17-,18+,20-,21+,22?,23-,24+,26-,27+,28-,29+,31-,32+,33+,34-;11-,12-,13+,15-,16+,18-,19+,20?,21-,22+,24-,25-,26+,27+,29-,30+,31+,32-;;;/m11.../s1. The van der Waals surface area contributed by atoms with Crippen molar-refractivity contribution in [1.82, 2.24) is 0 Å². The summed E-state index contributed by atoms with van der Waals surface area (Å²) in [4.78, 5) is 103. The van der Waals surface area contributed by atoms with Gasteiger partial charge in [0.15, 0.2) is 22.8 Å². The van der Waals surface area contributed by atoms with Crippen LogP contribution in [0.15, 0.2) is 23.7 Å². The summed E-state index contributed by atoms with van der Waals surface area (Å²) in [5.74, 6) is -8.06. The molecule has 10 aliphatic carbocycles. The van der Waals surface area contributed by atoms with Crippen molar-refractivity contribution >= 4 is 47.9 Å². The third-order valence-corrected chi connectivity index (χ3v) is 28.8. The normalized spacial score (nSPS) is 55.7. The van der Waals surface area contributed by atoms with Gasteiger partial charge in [-0.25, -0.2) is 9.59 Å². The largest absolute Gasteiger partial charge is 1.00 e. The smallest absolute Gasteiger partial charge is 0.662 e. The zero-order valence-electron chi connectivity index (χ0n) is 56.4. The van der Waals surface area contributed by atoms with Gasteiger partial charge < -0.3 is 73.9 Å². The first kappa shape index (κ1) is 71.1. The minimum Gasteiger partial charge on any atom is -0.662 e. The van der Waals surface area contributed by atoms with E-state index in [-0.39, 0.29) is 131 Å². The van der Waals surface area contributed by atoms with Crippen LogP contribution in [0.4, 0.5) is 0 Å². The van der Waals surface area contributed by atoms with Crippen molar-refractivity contribution in [2.45, 2.75) is 203 Å². The molecular weight excluding hydrogens is 1210 g/mol. The van der Waals surface area contributed by atoms with Crippen LogP contribution >= 0.6 is 0 Å². The predicted octanol–water partition coefficient (Wildman–Crippen LogP) is 0.119. The van der Waals surface area contributed by atoms with E-state index in [4.69, 9.17) is 48.3 Å². The summed E-state index contributed by atoms with van der Waals surface area (Å²) < 4.78 is 41.5. The van der Waals surface area contributed by atoms with Gasteiger partial charge in [0, 0.05) is 80.1 Å². The number of ketones is 2. The van der Waals surface area contributed by atoms with Gasteiger partial charge in [0.1, 0.15) is 54.2 Å². The average Bonchev–Trinajstić information content (AvgIpc) is 1.45. The molecule has 0 amide bonds. The van der Waals surface area contributed by atoms with Gasteiger partial charge in [-0.1, -0.05) is 69.2 Å². The van der Waals surface area contributed by atoms with Gasteiger partial charge in [-0.3, -0.25) is 28.8 Å². The Morgan fingerprint density at radius 1 is 0.543 bits per heavy atom. The molecule has 0 spiro atoms. The van der Waals surface area contributed by atoms with Crippen molar-refractivity contribution in [3.05, 3.63) is 23.7 Å². The topological polar surface area (TPSA) is 361 Å². The van der Waals surface area contributed by atoms with Gasteiger partial charge in [-0.15, -0.1) is 0 Å². The van der Waals surface area contributed by atoms with Crippen LogP contribution in [0.25, 0.3) is 0 Å². The fourth-order valence-electron chi connectivity index (χ4n) is 24.6. The van der Waals surface area contributed by atoms with E-state index in [1.54, 1.807) is 0 Å². The Balaban J connectivity index is 0.000000184. The third-order valence-electron chi connectivity index (χ3n) is 28.8. The summed E-state index contributed by atoms with van der Waals surface area (Å²) in [6.07, 6.45) is -1.89. The van der Waals surface area contributed by atoms with Crippen LogP contribution in [0.1, 0.15) is 131 Å². The Labute approximate surface area is 559 Å². The molecule has 0 aromatic rings. The maximum absolute atomic E-state index is 14.3. The van der Waals surface area contributed by atoms with Gasteiger partial charge in [-0.05, 0) is 129 Å². The molecule has 8 saturated carbocycles. The maximum atomic E-state index is 14.3. The SMILES string of the molecule is CC(=O)O[C@@H]1[C@H]2[C@H]3C([C@H](C)[C@H](C)[C@]2(C)[C@@H]2[C@@H]1[C@]1(C)C(=C[C@H]2C)OC(=O)[C@@]1(C)O)[C@]1(C)[C@H](C[C@@H]2O[C@@H]2[C@@H]1OC(C)=O)C(=O)[C@@H]3O.CC(=O)O[C@H]1[C@H]2O[C@H]2C[C@@H]2C(=O)[C@H](O)[C@@H]3C([C@H](C)[C@H](C)[C@]4(C)[C@@H]5[C@@H]([C@H](O)[C@@H]34)[C@]3(C)C(=C[C@H]5C)OC(=O)[C@@]3(C)O)[C@]21C.CO.O=CO[O-].[Na+]. The van der Waals surface area contributed by atoms with Crippen LogP contribution in [0, 0.1) is 139 Å². The minimum atomic E-state index is -1.89. The van der Waals surface area contributed by atoms with Crippen LogP contribution < -0.4 is 34.8 Å². The fraction of sp³-hybridized carbons (Fsp3) is 0.824. The molecule has 2 unspecified atom stereocenters. The number of ether oxygens (including phenoxy) is 7. The molecule has 24 heteroatoms. The molecule has 506 valence electrons. The Morgan fingerprint density at radius 3 is 1.26 bits per heavy atom. The van der Waals surface area contributed by atoms with Crippen LogP contribution in [0.2, 0.25) is 0 Å². The van der Waals surface area contributed by atoms with Crippen LogP contribution in [0.3, 0.4) is 0 Å². The van der Waals surface area contributed by atoms with E-state index in [1.807, 2.05) is 39.8 Å². The Bertz CT molecular complexity index is 3140. The van der Waals surface area contributed by atoms with E-state index < -0.39 is 158 Å². The number of Topliss-reactive ketones (excluding diaryl/α,β-unsaturated/α-hetero) is 2. The number of aliphatic hydroxyl groups is 6. The fourth-order valence-corrected chi connectivity index (χ4v) is 24.6. The quantitative estimate of drug-likeness (QED) is 0.0414. The van der Waals surface area contributed by atoms with E-state index in [9.17, 15) is 59.1 Å². The Hall–Kier alpha value is -3.72. The predicted molar refractivity (Wildman–Crippen MR) is 312 cm³/mol. The van der Waals surface area contributed by atoms with Gasteiger partial charge >= 0.3 is 59.4 Å². The first-order valence-electron chi connectivity index (χ1n) is 32.7.